The Morgan fingerprint density at radius 2 is 2.40 bits per heavy atom. The van der Waals surface area contributed by atoms with Crippen LogP contribution in [0.1, 0.15) is 44.5 Å². The summed E-state index contributed by atoms with van der Waals surface area (Å²) in [6.45, 7) is 5.04. The van der Waals surface area contributed by atoms with Crippen LogP contribution in [0.2, 0.25) is 0 Å². The summed E-state index contributed by atoms with van der Waals surface area (Å²) >= 11 is 0. The standard InChI is InChI=1S/C11H19N3O/c1-8(12)10-6-13-7-14(10)9(2)11-4-3-5-15-11/h6-9,11H,3-5,12H2,1-2H3. The van der Waals surface area contributed by atoms with Gasteiger partial charge in [-0.25, -0.2) is 4.98 Å². The summed E-state index contributed by atoms with van der Waals surface area (Å²) < 4.78 is 7.82. The lowest BCUT2D eigenvalue weighted by atomic mass is 10.1. The van der Waals surface area contributed by atoms with Crippen LogP contribution in [0.4, 0.5) is 0 Å². The molecule has 1 aliphatic rings. The van der Waals surface area contributed by atoms with Gasteiger partial charge < -0.3 is 15.0 Å². The van der Waals surface area contributed by atoms with E-state index in [2.05, 4.69) is 16.5 Å². The van der Waals surface area contributed by atoms with Crippen molar-refractivity contribution in [3.8, 4) is 0 Å². The second-order valence-electron chi connectivity index (χ2n) is 4.31. The van der Waals surface area contributed by atoms with E-state index in [1.54, 1.807) is 0 Å². The number of hydrogen-bond acceptors (Lipinski definition) is 3. The Hall–Kier alpha value is -0.870. The third-order valence-corrected chi connectivity index (χ3v) is 3.10. The summed E-state index contributed by atoms with van der Waals surface area (Å²) in [6, 6.07) is 0.354. The molecule has 2 heterocycles. The lowest BCUT2D eigenvalue weighted by Gasteiger charge is -2.23. The summed E-state index contributed by atoms with van der Waals surface area (Å²) in [6.07, 6.45) is 6.31. The van der Waals surface area contributed by atoms with Crippen LogP contribution in [-0.2, 0) is 4.74 Å². The van der Waals surface area contributed by atoms with Gasteiger partial charge >= 0.3 is 0 Å². The highest BCUT2D eigenvalue weighted by Gasteiger charge is 2.25. The molecule has 1 aromatic rings. The molecule has 0 aromatic carbocycles. The average molecular weight is 209 g/mol. The van der Waals surface area contributed by atoms with Gasteiger partial charge in [0, 0.05) is 18.8 Å². The molecule has 1 aromatic heterocycles. The van der Waals surface area contributed by atoms with E-state index < -0.39 is 0 Å². The lowest BCUT2D eigenvalue weighted by Crippen LogP contribution is -2.23. The van der Waals surface area contributed by atoms with E-state index in [1.807, 2.05) is 19.4 Å². The maximum Gasteiger partial charge on any atom is 0.0952 e. The summed E-state index contributed by atoms with van der Waals surface area (Å²) in [4.78, 5) is 4.16. The Kier molecular flexibility index (Phi) is 3.07. The summed E-state index contributed by atoms with van der Waals surface area (Å²) in [5, 5.41) is 0. The zero-order chi connectivity index (χ0) is 10.8. The minimum Gasteiger partial charge on any atom is -0.376 e. The first-order chi connectivity index (χ1) is 7.20. The van der Waals surface area contributed by atoms with Crippen molar-refractivity contribution in [1.29, 1.82) is 0 Å². The Bertz CT molecular complexity index is 315. The molecule has 0 amide bonds. The maximum absolute atomic E-state index is 5.89. The van der Waals surface area contributed by atoms with Crippen molar-refractivity contribution in [2.24, 2.45) is 5.73 Å². The minimum absolute atomic E-state index is 0.0244. The molecular weight excluding hydrogens is 190 g/mol. The lowest BCUT2D eigenvalue weighted by molar-refractivity contribution is 0.0721. The number of rotatable bonds is 3. The molecule has 15 heavy (non-hydrogen) atoms. The molecule has 0 saturated carbocycles. The van der Waals surface area contributed by atoms with E-state index in [0.717, 1.165) is 25.1 Å². The number of hydrogen-bond donors (Lipinski definition) is 1. The van der Waals surface area contributed by atoms with Gasteiger partial charge in [-0.15, -0.1) is 0 Å². The highest BCUT2D eigenvalue weighted by Crippen LogP contribution is 2.26. The van der Waals surface area contributed by atoms with Crippen molar-refractivity contribution in [2.45, 2.75) is 44.9 Å². The largest absolute Gasteiger partial charge is 0.376 e. The van der Waals surface area contributed by atoms with Crippen LogP contribution in [0.5, 0.6) is 0 Å². The highest BCUT2D eigenvalue weighted by atomic mass is 16.5. The van der Waals surface area contributed by atoms with E-state index in [-0.39, 0.29) is 6.04 Å². The summed E-state index contributed by atoms with van der Waals surface area (Å²) in [5.74, 6) is 0. The van der Waals surface area contributed by atoms with Gasteiger partial charge in [-0.1, -0.05) is 0 Å². The predicted molar refractivity (Wildman–Crippen MR) is 58.5 cm³/mol. The Morgan fingerprint density at radius 1 is 1.60 bits per heavy atom. The Labute approximate surface area is 90.4 Å². The van der Waals surface area contributed by atoms with E-state index in [4.69, 9.17) is 10.5 Å². The predicted octanol–water partition coefficient (Wildman–Crippen LogP) is 1.64. The van der Waals surface area contributed by atoms with Gasteiger partial charge in [0.25, 0.3) is 0 Å². The van der Waals surface area contributed by atoms with Gasteiger partial charge in [0.1, 0.15) is 0 Å². The monoisotopic (exact) mass is 209 g/mol. The smallest absolute Gasteiger partial charge is 0.0952 e. The number of nitrogens with two attached hydrogens (primary N) is 1. The molecular formula is C11H19N3O. The molecule has 2 N–H and O–H groups in total. The fourth-order valence-corrected chi connectivity index (χ4v) is 2.17. The van der Waals surface area contributed by atoms with Crippen LogP contribution in [0.25, 0.3) is 0 Å². The van der Waals surface area contributed by atoms with E-state index in [9.17, 15) is 0 Å². The fraction of sp³-hybridized carbons (Fsp3) is 0.727. The molecule has 3 atom stereocenters. The highest BCUT2D eigenvalue weighted by molar-refractivity contribution is 5.05. The Balaban J connectivity index is 2.16. The van der Waals surface area contributed by atoms with Crippen molar-refractivity contribution >= 4 is 0 Å². The first-order valence-electron chi connectivity index (χ1n) is 5.59. The molecule has 2 rings (SSSR count). The molecule has 1 fully saturated rings. The van der Waals surface area contributed by atoms with Crippen molar-refractivity contribution < 1.29 is 4.74 Å². The third kappa shape index (κ3) is 2.06. The van der Waals surface area contributed by atoms with Crippen LogP contribution < -0.4 is 5.73 Å². The maximum atomic E-state index is 5.89. The zero-order valence-electron chi connectivity index (χ0n) is 9.39. The quantitative estimate of drug-likeness (QED) is 0.823. The second kappa shape index (κ2) is 4.33. The van der Waals surface area contributed by atoms with Crippen molar-refractivity contribution in [2.75, 3.05) is 6.61 Å². The summed E-state index contributed by atoms with van der Waals surface area (Å²) in [7, 11) is 0. The molecule has 4 heteroatoms. The molecule has 0 bridgehead atoms. The normalized spacial score (nSPS) is 25.4. The molecule has 0 spiro atoms. The van der Waals surface area contributed by atoms with Gasteiger partial charge in [-0.3, -0.25) is 0 Å². The van der Waals surface area contributed by atoms with Gasteiger partial charge in [0.05, 0.1) is 24.2 Å². The molecule has 0 radical (unpaired) electrons. The van der Waals surface area contributed by atoms with Crippen LogP contribution in [-0.4, -0.2) is 22.3 Å². The van der Waals surface area contributed by atoms with Crippen LogP contribution in [0, 0.1) is 0 Å². The Morgan fingerprint density at radius 3 is 3.00 bits per heavy atom. The molecule has 4 nitrogen and oxygen atoms in total. The van der Waals surface area contributed by atoms with Crippen LogP contribution in [0.3, 0.4) is 0 Å². The first-order valence-corrected chi connectivity index (χ1v) is 5.59. The van der Waals surface area contributed by atoms with Crippen molar-refractivity contribution in [1.82, 2.24) is 9.55 Å². The number of nitrogens with zero attached hydrogens (tertiary/aromatic N) is 2. The van der Waals surface area contributed by atoms with Crippen molar-refractivity contribution in [3.63, 3.8) is 0 Å². The molecule has 1 aliphatic heterocycles. The van der Waals surface area contributed by atoms with Crippen molar-refractivity contribution in [3.05, 3.63) is 18.2 Å². The fourth-order valence-electron chi connectivity index (χ4n) is 2.17. The molecule has 0 aliphatic carbocycles. The van der Waals surface area contributed by atoms with E-state index in [0.29, 0.717) is 12.1 Å². The van der Waals surface area contributed by atoms with Crippen LogP contribution in [0.15, 0.2) is 12.5 Å². The second-order valence-corrected chi connectivity index (χ2v) is 4.31. The van der Waals surface area contributed by atoms with E-state index >= 15 is 0 Å². The van der Waals surface area contributed by atoms with Gasteiger partial charge in [-0.05, 0) is 26.7 Å². The minimum atomic E-state index is 0.0244. The number of imidazole rings is 1. The van der Waals surface area contributed by atoms with Gasteiger partial charge in [0.15, 0.2) is 0 Å². The molecule has 1 saturated heterocycles. The van der Waals surface area contributed by atoms with Gasteiger partial charge in [-0.2, -0.15) is 0 Å². The number of ether oxygens (including phenoxy) is 1. The third-order valence-electron chi connectivity index (χ3n) is 3.10. The van der Waals surface area contributed by atoms with Crippen LogP contribution >= 0.6 is 0 Å². The zero-order valence-corrected chi connectivity index (χ0v) is 9.39. The topological polar surface area (TPSA) is 53.1 Å². The number of aromatic nitrogens is 2. The SMILES string of the molecule is CC(N)c1cncn1C(C)C1CCCO1. The van der Waals surface area contributed by atoms with Gasteiger partial charge in [0.2, 0.25) is 0 Å². The van der Waals surface area contributed by atoms with E-state index in [1.165, 1.54) is 0 Å². The average Bonchev–Trinajstić information content (AvgIpc) is 2.88. The molecule has 84 valence electrons. The summed E-state index contributed by atoms with van der Waals surface area (Å²) in [5.41, 5.74) is 6.98. The first kappa shape index (κ1) is 10.6. The molecule has 3 unspecified atom stereocenters.